The summed E-state index contributed by atoms with van der Waals surface area (Å²) in [6.45, 7) is 7.08. The van der Waals surface area contributed by atoms with Crippen LogP contribution >= 0.6 is 0 Å². The fourth-order valence-electron chi connectivity index (χ4n) is 1.86. The van der Waals surface area contributed by atoms with Crippen molar-refractivity contribution in [2.45, 2.75) is 39.8 Å². The summed E-state index contributed by atoms with van der Waals surface area (Å²) in [6, 6.07) is -2.58. The molecular formula is C16H28N2O8. The van der Waals surface area contributed by atoms with E-state index in [1.54, 1.807) is 27.7 Å². The van der Waals surface area contributed by atoms with Gasteiger partial charge in [0, 0.05) is 13.1 Å². The smallest absolute Gasteiger partial charge is 0.334 e. The van der Waals surface area contributed by atoms with E-state index in [0.717, 1.165) is 0 Å². The number of hydrogen-bond donors (Lipinski definition) is 2. The van der Waals surface area contributed by atoms with Gasteiger partial charge in [-0.15, -0.1) is 0 Å². The van der Waals surface area contributed by atoms with Crippen LogP contribution in [-0.2, 0) is 38.1 Å². The molecule has 10 heteroatoms. The van der Waals surface area contributed by atoms with Crippen molar-refractivity contribution in [3.05, 3.63) is 0 Å². The molecule has 150 valence electrons. The van der Waals surface area contributed by atoms with E-state index in [1.807, 2.05) is 0 Å². The molecule has 0 saturated heterocycles. The highest BCUT2D eigenvalue weighted by atomic mass is 16.6. The molecule has 0 saturated carbocycles. The molecule has 0 aromatic rings. The summed E-state index contributed by atoms with van der Waals surface area (Å²) in [6.07, 6.45) is 0. The van der Waals surface area contributed by atoms with Crippen LogP contribution in [0.1, 0.15) is 27.7 Å². The van der Waals surface area contributed by atoms with Crippen LogP contribution in [0.4, 0.5) is 0 Å². The molecule has 0 amide bonds. The van der Waals surface area contributed by atoms with Crippen LogP contribution in [0.5, 0.6) is 0 Å². The molecule has 0 rings (SSSR count). The molecule has 0 heterocycles. The second kappa shape index (κ2) is 14.0. The van der Waals surface area contributed by atoms with Gasteiger partial charge in [0.1, 0.15) is 0 Å². The van der Waals surface area contributed by atoms with Crippen LogP contribution in [0.2, 0.25) is 0 Å². The third kappa shape index (κ3) is 8.77. The summed E-state index contributed by atoms with van der Waals surface area (Å²) in [5.41, 5.74) is 0. The molecule has 0 fully saturated rings. The van der Waals surface area contributed by atoms with Gasteiger partial charge < -0.3 is 18.9 Å². The number of nitrogens with one attached hydrogen (secondary N) is 2. The van der Waals surface area contributed by atoms with Crippen molar-refractivity contribution in [2.24, 2.45) is 0 Å². The molecule has 0 bridgehead atoms. The fraction of sp³-hybridized carbons (Fsp3) is 0.750. The molecule has 0 spiro atoms. The lowest BCUT2D eigenvalue weighted by molar-refractivity contribution is -0.160. The number of hydrogen-bond acceptors (Lipinski definition) is 10. The number of carbonyl (C=O) groups is 4. The minimum atomic E-state index is -1.29. The lowest BCUT2D eigenvalue weighted by Gasteiger charge is -2.18. The number of ether oxygens (including phenoxy) is 4. The molecule has 0 atom stereocenters. The first-order chi connectivity index (χ1) is 12.4. The molecule has 0 aliphatic rings. The van der Waals surface area contributed by atoms with Gasteiger partial charge in [0.25, 0.3) is 0 Å². The maximum absolute atomic E-state index is 11.8. The van der Waals surface area contributed by atoms with Gasteiger partial charge in [-0.1, -0.05) is 0 Å². The Hall–Kier alpha value is -2.20. The van der Waals surface area contributed by atoms with Gasteiger partial charge in [0.05, 0.1) is 26.4 Å². The molecule has 0 aromatic carbocycles. The van der Waals surface area contributed by atoms with E-state index in [4.69, 9.17) is 18.9 Å². The van der Waals surface area contributed by atoms with Crippen molar-refractivity contribution in [1.29, 1.82) is 0 Å². The average Bonchev–Trinajstić information content (AvgIpc) is 2.58. The van der Waals surface area contributed by atoms with Crippen LogP contribution in [0.3, 0.4) is 0 Å². The lowest BCUT2D eigenvalue weighted by atomic mass is 10.2. The molecule has 0 aliphatic heterocycles. The molecule has 26 heavy (non-hydrogen) atoms. The van der Waals surface area contributed by atoms with Gasteiger partial charge in [0.2, 0.25) is 12.1 Å². The topological polar surface area (TPSA) is 129 Å². The highest BCUT2D eigenvalue weighted by molar-refractivity contribution is 5.99. The zero-order valence-corrected chi connectivity index (χ0v) is 15.7. The Balaban J connectivity index is 4.68. The molecule has 0 aliphatic carbocycles. The number of rotatable bonds is 13. The van der Waals surface area contributed by atoms with Gasteiger partial charge in [-0.3, -0.25) is 10.6 Å². The SMILES string of the molecule is CCOC(=O)C(NCCNC(C(=O)OCC)C(=O)OCC)C(=O)OCC. The van der Waals surface area contributed by atoms with Gasteiger partial charge in [0.15, 0.2) is 0 Å². The molecule has 0 radical (unpaired) electrons. The molecule has 0 aromatic heterocycles. The number of carbonyl (C=O) groups excluding carboxylic acids is 4. The molecule has 2 N–H and O–H groups in total. The summed E-state index contributed by atoms with van der Waals surface area (Å²) in [5, 5.41) is 5.34. The predicted octanol–water partition coefficient (Wildman–Crippen LogP) is -0.845. The van der Waals surface area contributed by atoms with E-state index in [-0.39, 0.29) is 39.5 Å². The van der Waals surface area contributed by atoms with Gasteiger partial charge in [-0.05, 0) is 27.7 Å². The van der Waals surface area contributed by atoms with Crippen LogP contribution in [-0.4, -0.2) is 75.5 Å². The van der Waals surface area contributed by atoms with Gasteiger partial charge in [-0.25, -0.2) is 19.2 Å². The Bertz CT molecular complexity index is 391. The predicted molar refractivity (Wildman–Crippen MR) is 90.1 cm³/mol. The minimum absolute atomic E-state index is 0.0810. The van der Waals surface area contributed by atoms with E-state index in [9.17, 15) is 19.2 Å². The standard InChI is InChI=1S/C16H28N2O8/c1-5-23-13(19)11(14(20)24-6-2)17-9-10-18-12(15(21)25-7-3)16(22)26-8-4/h11-12,17-18H,5-10H2,1-4H3. The van der Waals surface area contributed by atoms with Crippen molar-refractivity contribution < 1.29 is 38.1 Å². The molecule has 10 nitrogen and oxygen atoms in total. The maximum atomic E-state index is 11.8. The fourth-order valence-corrected chi connectivity index (χ4v) is 1.86. The Morgan fingerprint density at radius 3 is 1.00 bits per heavy atom. The van der Waals surface area contributed by atoms with E-state index in [1.165, 1.54) is 0 Å². The first kappa shape index (κ1) is 23.8. The largest absolute Gasteiger partial charge is 0.464 e. The number of esters is 4. The quantitative estimate of drug-likeness (QED) is 0.181. The Kier molecular flexibility index (Phi) is 12.8. The van der Waals surface area contributed by atoms with Gasteiger partial charge >= 0.3 is 23.9 Å². The monoisotopic (exact) mass is 376 g/mol. The highest BCUT2D eigenvalue weighted by Gasteiger charge is 2.31. The maximum Gasteiger partial charge on any atom is 0.334 e. The van der Waals surface area contributed by atoms with E-state index < -0.39 is 36.0 Å². The van der Waals surface area contributed by atoms with Crippen molar-refractivity contribution in [3.63, 3.8) is 0 Å². The van der Waals surface area contributed by atoms with Crippen molar-refractivity contribution in [2.75, 3.05) is 39.5 Å². The third-order valence-corrected chi connectivity index (χ3v) is 2.91. The summed E-state index contributed by atoms with van der Waals surface area (Å²) >= 11 is 0. The summed E-state index contributed by atoms with van der Waals surface area (Å²) < 4.78 is 19.3. The Labute approximate surface area is 152 Å². The van der Waals surface area contributed by atoms with Crippen LogP contribution in [0.25, 0.3) is 0 Å². The van der Waals surface area contributed by atoms with Gasteiger partial charge in [-0.2, -0.15) is 0 Å². The van der Waals surface area contributed by atoms with Crippen molar-refractivity contribution in [3.8, 4) is 0 Å². The summed E-state index contributed by atoms with van der Waals surface area (Å²) in [5.74, 6) is -3.06. The Morgan fingerprint density at radius 2 is 0.808 bits per heavy atom. The highest BCUT2D eigenvalue weighted by Crippen LogP contribution is 1.96. The second-order valence-corrected chi connectivity index (χ2v) is 4.78. The van der Waals surface area contributed by atoms with E-state index in [2.05, 4.69) is 10.6 Å². The van der Waals surface area contributed by atoms with E-state index >= 15 is 0 Å². The first-order valence-corrected chi connectivity index (χ1v) is 8.56. The lowest BCUT2D eigenvalue weighted by Crippen LogP contribution is -2.51. The zero-order valence-electron chi connectivity index (χ0n) is 15.7. The minimum Gasteiger partial charge on any atom is -0.464 e. The Morgan fingerprint density at radius 1 is 0.577 bits per heavy atom. The second-order valence-electron chi connectivity index (χ2n) is 4.78. The normalized spacial score (nSPS) is 10.5. The van der Waals surface area contributed by atoms with Crippen LogP contribution in [0.15, 0.2) is 0 Å². The third-order valence-electron chi connectivity index (χ3n) is 2.91. The zero-order chi connectivity index (χ0) is 19.9. The van der Waals surface area contributed by atoms with Crippen molar-refractivity contribution >= 4 is 23.9 Å². The van der Waals surface area contributed by atoms with E-state index in [0.29, 0.717) is 0 Å². The van der Waals surface area contributed by atoms with Crippen LogP contribution in [0, 0.1) is 0 Å². The first-order valence-electron chi connectivity index (χ1n) is 8.56. The molecule has 0 unspecified atom stereocenters. The molecular weight excluding hydrogens is 348 g/mol. The summed E-state index contributed by atoms with van der Waals surface area (Å²) in [7, 11) is 0. The summed E-state index contributed by atoms with van der Waals surface area (Å²) in [4.78, 5) is 47.3. The van der Waals surface area contributed by atoms with Crippen molar-refractivity contribution in [1.82, 2.24) is 10.6 Å². The van der Waals surface area contributed by atoms with Crippen LogP contribution < -0.4 is 10.6 Å². The average molecular weight is 376 g/mol.